The van der Waals surface area contributed by atoms with E-state index in [1.165, 1.54) is 18.2 Å². The fourth-order valence-corrected chi connectivity index (χ4v) is 3.66. The van der Waals surface area contributed by atoms with E-state index in [4.69, 9.17) is 4.74 Å². The van der Waals surface area contributed by atoms with E-state index >= 15 is 0 Å². The summed E-state index contributed by atoms with van der Waals surface area (Å²) in [5.41, 5.74) is 3.59. The molecule has 136 valence electrons. The van der Waals surface area contributed by atoms with Crippen LogP contribution < -0.4 is 0 Å². The van der Waals surface area contributed by atoms with Gasteiger partial charge in [-0.05, 0) is 37.0 Å². The fourth-order valence-electron chi connectivity index (χ4n) is 3.66. The zero-order valence-corrected chi connectivity index (χ0v) is 15.1. The highest BCUT2D eigenvalue weighted by Gasteiger charge is 2.39. The number of aliphatic hydroxyl groups is 1. The van der Waals surface area contributed by atoms with Crippen LogP contribution in [0.25, 0.3) is 0 Å². The van der Waals surface area contributed by atoms with Crippen LogP contribution >= 0.6 is 0 Å². The third-order valence-corrected chi connectivity index (χ3v) is 5.39. The summed E-state index contributed by atoms with van der Waals surface area (Å²) in [6.07, 6.45) is 0.252. The minimum absolute atomic E-state index is 0.104. The van der Waals surface area contributed by atoms with Crippen molar-refractivity contribution in [1.82, 2.24) is 9.80 Å². The maximum atomic E-state index is 12.7. The highest BCUT2D eigenvalue weighted by Crippen LogP contribution is 2.32. The van der Waals surface area contributed by atoms with Crippen molar-refractivity contribution in [1.29, 1.82) is 0 Å². The van der Waals surface area contributed by atoms with E-state index in [-0.39, 0.29) is 23.8 Å². The van der Waals surface area contributed by atoms with Crippen molar-refractivity contribution < 1.29 is 19.4 Å². The highest BCUT2D eigenvalue weighted by molar-refractivity contribution is 5.78. The van der Waals surface area contributed by atoms with E-state index in [1.807, 2.05) is 0 Å². The number of aryl methyl sites for hydroxylation is 2. The van der Waals surface area contributed by atoms with Crippen LogP contribution in [0.15, 0.2) is 18.2 Å². The number of hydrogen-bond donors (Lipinski definition) is 1. The molecular formula is C19H26N2O4. The van der Waals surface area contributed by atoms with Crippen molar-refractivity contribution in [3.63, 3.8) is 0 Å². The molecule has 6 heteroatoms. The normalized spacial score (nSPS) is 24.0. The van der Waals surface area contributed by atoms with Gasteiger partial charge >= 0.3 is 12.0 Å². The Morgan fingerprint density at radius 3 is 2.36 bits per heavy atom. The van der Waals surface area contributed by atoms with Gasteiger partial charge in [0.05, 0.1) is 32.2 Å². The van der Waals surface area contributed by atoms with Crippen LogP contribution in [0, 0.1) is 19.8 Å². The second-order valence-corrected chi connectivity index (χ2v) is 7.24. The molecule has 0 aromatic heterocycles. The number of benzene rings is 1. The Morgan fingerprint density at radius 1 is 1.08 bits per heavy atom. The van der Waals surface area contributed by atoms with Gasteiger partial charge in [-0.15, -0.1) is 0 Å². The van der Waals surface area contributed by atoms with Crippen molar-refractivity contribution in [2.75, 3.05) is 33.3 Å². The molecule has 1 aromatic rings. The van der Waals surface area contributed by atoms with E-state index < -0.39 is 6.10 Å². The topological polar surface area (TPSA) is 70.1 Å². The lowest BCUT2D eigenvalue weighted by Crippen LogP contribution is -2.59. The van der Waals surface area contributed by atoms with Gasteiger partial charge in [-0.1, -0.05) is 18.2 Å². The minimum Gasteiger partial charge on any atom is -0.469 e. The second-order valence-electron chi connectivity index (χ2n) is 7.24. The van der Waals surface area contributed by atoms with E-state index in [2.05, 4.69) is 32.0 Å². The predicted molar refractivity (Wildman–Crippen MR) is 93.3 cm³/mol. The fraction of sp³-hybridized carbons (Fsp3) is 0.579. The van der Waals surface area contributed by atoms with Gasteiger partial charge in [-0.3, -0.25) is 4.79 Å². The summed E-state index contributed by atoms with van der Waals surface area (Å²) in [6, 6.07) is 6.22. The van der Waals surface area contributed by atoms with Crippen molar-refractivity contribution in [3.05, 3.63) is 34.9 Å². The van der Waals surface area contributed by atoms with Crippen LogP contribution in [-0.2, 0) is 9.53 Å². The second kappa shape index (κ2) is 7.04. The number of hydrogen-bond acceptors (Lipinski definition) is 4. The number of nitrogens with zero attached hydrogens (tertiary/aromatic N) is 2. The van der Waals surface area contributed by atoms with Crippen molar-refractivity contribution >= 4 is 12.0 Å². The third-order valence-electron chi connectivity index (χ3n) is 5.39. The third kappa shape index (κ3) is 3.63. The number of esters is 1. The highest BCUT2D eigenvalue weighted by atomic mass is 16.5. The standard InChI is InChI=1S/C19H26N2O4/c1-12-4-5-14(6-13(12)2)15-7-16(18(23)25-3)9-20(8-15)19(24)21-10-17(22)11-21/h4-6,15-17,22H,7-11H2,1-3H3. The number of ether oxygens (including phenoxy) is 1. The number of carbonyl (C=O) groups is 2. The molecule has 2 heterocycles. The number of aliphatic hydroxyl groups excluding tert-OH is 1. The average molecular weight is 346 g/mol. The summed E-state index contributed by atoms with van der Waals surface area (Å²) in [4.78, 5) is 28.2. The average Bonchev–Trinajstić information content (AvgIpc) is 2.59. The van der Waals surface area contributed by atoms with Crippen molar-refractivity contribution in [2.24, 2.45) is 5.92 Å². The van der Waals surface area contributed by atoms with Gasteiger partial charge in [0.25, 0.3) is 0 Å². The maximum absolute atomic E-state index is 12.7. The van der Waals surface area contributed by atoms with Gasteiger partial charge in [0.1, 0.15) is 0 Å². The molecule has 2 saturated heterocycles. The lowest BCUT2D eigenvalue weighted by atomic mass is 9.83. The number of piperidine rings is 1. The molecule has 0 aliphatic carbocycles. The first kappa shape index (κ1) is 17.7. The van der Waals surface area contributed by atoms with E-state index in [0.717, 1.165) is 5.56 Å². The molecule has 0 radical (unpaired) electrons. The number of amides is 2. The van der Waals surface area contributed by atoms with Crippen molar-refractivity contribution in [3.8, 4) is 0 Å². The van der Waals surface area contributed by atoms with Gasteiger partial charge in [0, 0.05) is 19.0 Å². The predicted octanol–water partition coefficient (Wildman–Crippen LogP) is 1.68. The molecule has 1 aromatic carbocycles. The first-order chi connectivity index (χ1) is 11.9. The molecule has 2 unspecified atom stereocenters. The molecule has 0 spiro atoms. The maximum Gasteiger partial charge on any atom is 0.320 e. The summed E-state index contributed by atoms with van der Waals surface area (Å²) >= 11 is 0. The van der Waals surface area contributed by atoms with Gasteiger partial charge in [0.15, 0.2) is 0 Å². The number of methoxy groups -OCH3 is 1. The molecule has 2 aliphatic rings. The van der Waals surface area contributed by atoms with Gasteiger partial charge in [-0.2, -0.15) is 0 Å². The van der Waals surface area contributed by atoms with Crippen LogP contribution in [0.5, 0.6) is 0 Å². The van der Waals surface area contributed by atoms with Crippen LogP contribution in [-0.4, -0.2) is 66.3 Å². The van der Waals surface area contributed by atoms with E-state index in [1.54, 1.807) is 9.80 Å². The quantitative estimate of drug-likeness (QED) is 0.827. The molecule has 1 N–H and O–H groups in total. The number of urea groups is 1. The number of likely N-dealkylation sites (tertiary alicyclic amines) is 2. The SMILES string of the molecule is COC(=O)C1CC(c2ccc(C)c(C)c2)CN(C(=O)N2CC(O)C2)C1. The molecule has 2 aliphatic heterocycles. The van der Waals surface area contributed by atoms with E-state index in [9.17, 15) is 14.7 Å². The first-order valence-corrected chi connectivity index (χ1v) is 8.76. The Morgan fingerprint density at radius 2 is 1.76 bits per heavy atom. The van der Waals surface area contributed by atoms with Crippen LogP contribution in [0.1, 0.15) is 29.0 Å². The zero-order valence-electron chi connectivity index (χ0n) is 15.1. The summed E-state index contributed by atoms with van der Waals surface area (Å²) in [6.45, 7) is 5.84. The molecular weight excluding hydrogens is 320 g/mol. The molecule has 6 nitrogen and oxygen atoms in total. The van der Waals surface area contributed by atoms with E-state index in [0.29, 0.717) is 32.6 Å². The Hall–Kier alpha value is -2.08. The monoisotopic (exact) mass is 346 g/mol. The van der Waals surface area contributed by atoms with Crippen molar-refractivity contribution in [2.45, 2.75) is 32.3 Å². The summed E-state index contributed by atoms with van der Waals surface area (Å²) in [5, 5.41) is 9.44. The Kier molecular flexibility index (Phi) is 4.99. The number of carbonyl (C=O) groups excluding carboxylic acids is 2. The molecule has 2 amide bonds. The Bertz CT molecular complexity index is 669. The summed E-state index contributed by atoms with van der Waals surface area (Å²) in [7, 11) is 1.39. The number of β-amino-alcohol motifs (C(OH)–C–C–N with tert-alkyl or cyclic N) is 1. The minimum atomic E-state index is -0.430. The number of rotatable bonds is 2. The molecule has 2 atom stereocenters. The smallest absolute Gasteiger partial charge is 0.320 e. The summed E-state index contributed by atoms with van der Waals surface area (Å²) < 4.78 is 4.93. The Labute approximate surface area is 148 Å². The van der Waals surface area contributed by atoms with Crippen LogP contribution in [0.3, 0.4) is 0 Å². The molecule has 0 saturated carbocycles. The molecule has 25 heavy (non-hydrogen) atoms. The lowest BCUT2D eigenvalue weighted by molar-refractivity contribution is -0.147. The molecule has 0 bridgehead atoms. The van der Waals surface area contributed by atoms with Crippen LogP contribution in [0.2, 0.25) is 0 Å². The summed E-state index contributed by atoms with van der Waals surface area (Å²) in [5.74, 6) is -0.484. The van der Waals surface area contributed by atoms with Crippen LogP contribution in [0.4, 0.5) is 4.79 Å². The lowest BCUT2D eigenvalue weighted by Gasteiger charge is -2.43. The molecule has 3 rings (SSSR count). The van der Waals surface area contributed by atoms with Gasteiger partial charge < -0.3 is 19.6 Å². The van der Waals surface area contributed by atoms with Gasteiger partial charge in [0.2, 0.25) is 0 Å². The Balaban J connectivity index is 1.80. The molecule has 2 fully saturated rings. The largest absolute Gasteiger partial charge is 0.469 e. The zero-order chi connectivity index (χ0) is 18.1. The first-order valence-electron chi connectivity index (χ1n) is 8.76. The van der Waals surface area contributed by atoms with Gasteiger partial charge in [-0.25, -0.2) is 4.79 Å².